The molecule has 0 saturated carbocycles. The normalized spacial score (nSPS) is 15.0. The standard InChI is InChI=1S/C20H15NO5S/c1-3-25-27(23,24)19(21-2)13-17-11-16-10-14-8-6-4-5-7-9-15(14)12-18(16)26-20(17)22/h4-5,10-13H,3,6,8H2,1H3/b5-4-,19-13?. The lowest BCUT2D eigenvalue weighted by Crippen LogP contribution is -2.09. The van der Waals surface area contributed by atoms with E-state index in [9.17, 15) is 13.2 Å². The molecule has 6 nitrogen and oxygen atoms in total. The molecule has 0 spiro atoms. The van der Waals surface area contributed by atoms with Gasteiger partial charge in [0.25, 0.3) is 0 Å². The minimum atomic E-state index is -4.21. The molecule has 1 heterocycles. The van der Waals surface area contributed by atoms with Crippen molar-refractivity contribution < 1.29 is 17.0 Å². The SMILES string of the molecule is [C-]#[N+]C(=Cc1cc2cc3c(cc2oc1=O)C#C/C=C\CC3)S(=O)(=O)OCC. The van der Waals surface area contributed by atoms with Gasteiger partial charge >= 0.3 is 20.8 Å². The first-order chi connectivity index (χ1) is 12.9. The van der Waals surface area contributed by atoms with Crippen molar-refractivity contribution in [2.75, 3.05) is 6.61 Å². The molecule has 0 unspecified atom stereocenters. The fourth-order valence-corrected chi connectivity index (χ4v) is 3.48. The van der Waals surface area contributed by atoms with Crippen LogP contribution in [-0.4, -0.2) is 15.0 Å². The molecule has 1 aromatic carbocycles. The fraction of sp³-hybridized carbons (Fsp3) is 0.200. The molecule has 0 atom stereocenters. The van der Waals surface area contributed by atoms with Gasteiger partial charge in [0.1, 0.15) is 5.58 Å². The third kappa shape index (κ3) is 4.01. The summed E-state index contributed by atoms with van der Waals surface area (Å²) in [5.41, 5.74) is 1.38. The summed E-state index contributed by atoms with van der Waals surface area (Å²) in [6.45, 7) is 8.48. The van der Waals surface area contributed by atoms with Crippen LogP contribution < -0.4 is 5.63 Å². The van der Waals surface area contributed by atoms with Gasteiger partial charge in [-0.15, -0.1) is 0 Å². The maximum absolute atomic E-state index is 12.3. The van der Waals surface area contributed by atoms with Crippen molar-refractivity contribution in [2.45, 2.75) is 19.8 Å². The summed E-state index contributed by atoms with van der Waals surface area (Å²) in [6.07, 6.45) is 6.38. The van der Waals surface area contributed by atoms with Crippen molar-refractivity contribution in [3.63, 3.8) is 0 Å². The van der Waals surface area contributed by atoms with Crippen LogP contribution in [-0.2, 0) is 20.7 Å². The number of nitrogens with zero attached hydrogens (tertiary/aromatic N) is 1. The molecule has 1 aliphatic rings. The Labute approximate surface area is 156 Å². The Morgan fingerprint density at radius 1 is 1.41 bits per heavy atom. The van der Waals surface area contributed by atoms with E-state index in [4.69, 9.17) is 11.0 Å². The van der Waals surface area contributed by atoms with Crippen molar-refractivity contribution in [1.29, 1.82) is 0 Å². The Bertz CT molecular complexity index is 1230. The van der Waals surface area contributed by atoms with Gasteiger partial charge in [0, 0.05) is 10.9 Å². The van der Waals surface area contributed by atoms with Crippen molar-refractivity contribution in [3.8, 4) is 11.8 Å². The number of allylic oxidation sites excluding steroid dienone is 2. The second-order valence-corrected chi connectivity index (χ2v) is 7.26. The number of benzene rings is 1. The largest absolute Gasteiger partial charge is 0.422 e. The van der Waals surface area contributed by atoms with E-state index in [0.29, 0.717) is 11.0 Å². The van der Waals surface area contributed by atoms with E-state index in [1.165, 1.54) is 13.0 Å². The van der Waals surface area contributed by atoms with Gasteiger partial charge < -0.3 is 4.42 Å². The van der Waals surface area contributed by atoms with Crippen LogP contribution in [0.4, 0.5) is 0 Å². The van der Waals surface area contributed by atoms with Gasteiger partial charge in [0.15, 0.2) is 0 Å². The van der Waals surface area contributed by atoms with Crippen LogP contribution in [0.1, 0.15) is 30.0 Å². The molecule has 27 heavy (non-hydrogen) atoms. The van der Waals surface area contributed by atoms with Crippen molar-refractivity contribution in [3.05, 3.63) is 73.9 Å². The summed E-state index contributed by atoms with van der Waals surface area (Å²) in [5.74, 6) is 5.94. The maximum atomic E-state index is 12.3. The molecule has 2 aromatic rings. The molecule has 0 amide bonds. The Morgan fingerprint density at radius 2 is 2.22 bits per heavy atom. The van der Waals surface area contributed by atoms with Gasteiger partial charge in [-0.2, -0.15) is 0 Å². The maximum Gasteiger partial charge on any atom is 0.342 e. The third-order valence-corrected chi connectivity index (χ3v) is 5.16. The highest BCUT2D eigenvalue weighted by molar-refractivity contribution is 7.91. The summed E-state index contributed by atoms with van der Waals surface area (Å²) in [5, 5.41) is -0.0395. The zero-order valence-electron chi connectivity index (χ0n) is 14.5. The first-order valence-electron chi connectivity index (χ1n) is 8.20. The van der Waals surface area contributed by atoms with Crippen LogP contribution in [0.3, 0.4) is 0 Å². The minimum absolute atomic E-state index is 0.0337. The van der Waals surface area contributed by atoms with E-state index in [1.54, 1.807) is 12.1 Å². The van der Waals surface area contributed by atoms with Crippen LogP contribution >= 0.6 is 0 Å². The lowest BCUT2D eigenvalue weighted by Gasteiger charge is -2.07. The van der Waals surface area contributed by atoms with Crippen molar-refractivity contribution in [2.24, 2.45) is 0 Å². The highest BCUT2D eigenvalue weighted by atomic mass is 32.2. The van der Waals surface area contributed by atoms with Crippen LogP contribution in [0.15, 0.2) is 44.6 Å². The average molecular weight is 381 g/mol. The molecule has 0 radical (unpaired) electrons. The number of hydrogen-bond acceptors (Lipinski definition) is 5. The number of hydrogen-bond donors (Lipinski definition) is 0. The highest BCUT2D eigenvalue weighted by Gasteiger charge is 2.20. The molecule has 3 rings (SSSR count). The molecule has 1 aliphatic carbocycles. The lowest BCUT2D eigenvalue weighted by atomic mass is 9.99. The zero-order chi connectivity index (χ0) is 19.4. The van der Waals surface area contributed by atoms with E-state index in [0.717, 1.165) is 30.0 Å². The van der Waals surface area contributed by atoms with Crippen LogP contribution in [0.2, 0.25) is 0 Å². The summed E-state index contributed by atoms with van der Waals surface area (Å²) in [6, 6.07) is 5.09. The predicted octanol–water partition coefficient (Wildman–Crippen LogP) is 3.23. The summed E-state index contributed by atoms with van der Waals surface area (Å²) in [4.78, 5) is 15.2. The molecule has 1 aromatic heterocycles. The van der Waals surface area contributed by atoms with Gasteiger partial charge in [0.05, 0.1) is 18.7 Å². The van der Waals surface area contributed by atoms with E-state index >= 15 is 0 Å². The number of fused-ring (bicyclic) bond motifs is 2. The molecule has 0 N–H and O–H groups in total. The number of rotatable bonds is 4. The smallest absolute Gasteiger partial charge is 0.342 e. The van der Waals surface area contributed by atoms with Gasteiger partial charge in [-0.1, -0.05) is 17.9 Å². The van der Waals surface area contributed by atoms with Crippen LogP contribution in [0, 0.1) is 18.4 Å². The Balaban J connectivity index is 2.16. The average Bonchev–Trinajstić information content (AvgIpc) is 2.60. The van der Waals surface area contributed by atoms with Crippen molar-refractivity contribution in [1.82, 2.24) is 0 Å². The minimum Gasteiger partial charge on any atom is -0.422 e. The number of aryl methyl sites for hydroxylation is 1. The summed E-state index contributed by atoms with van der Waals surface area (Å²) in [7, 11) is -4.21. The molecular formula is C20H15NO5S. The van der Waals surface area contributed by atoms with E-state index in [1.807, 2.05) is 12.1 Å². The van der Waals surface area contributed by atoms with E-state index in [-0.39, 0.29) is 12.2 Å². The second-order valence-electron chi connectivity index (χ2n) is 5.70. The predicted molar refractivity (Wildman–Crippen MR) is 102 cm³/mol. The zero-order valence-corrected chi connectivity index (χ0v) is 15.3. The van der Waals surface area contributed by atoms with Gasteiger partial charge in [-0.25, -0.2) is 18.1 Å². The Morgan fingerprint density at radius 3 is 2.96 bits per heavy atom. The highest BCUT2D eigenvalue weighted by Crippen LogP contribution is 2.23. The summed E-state index contributed by atoms with van der Waals surface area (Å²) < 4.78 is 33.8. The van der Waals surface area contributed by atoms with Gasteiger partial charge in [-0.3, -0.25) is 4.18 Å². The topological polar surface area (TPSA) is 77.9 Å². The fourth-order valence-electron chi connectivity index (χ4n) is 2.66. The summed E-state index contributed by atoms with van der Waals surface area (Å²) >= 11 is 0. The van der Waals surface area contributed by atoms with Crippen LogP contribution in [0.5, 0.6) is 0 Å². The lowest BCUT2D eigenvalue weighted by molar-refractivity contribution is 0.343. The monoisotopic (exact) mass is 381 g/mol. The van der Waals surface area contributed by atoms with Crippen molar-refractivity contribution >= 4 is 27.2 Å². The molecule has 0 saturated heterocycles. The molecule has 136 valence electrons. The van der Waals surface area contributed by atoms with E-state index in [2.05, 4.69) is 20.9 Å². The second kappa shape index (κ2) is 7.63. The Hall–Kier alpha value is -3.13. The quantitative estimate of drug-likeness (QED) is 0.352. The van der Waals surface area contributed by atoms with Crippen LogP contribution in [0.25, 0.3) is 21.9 Å². The molecule has 0 fully saturated rings. The molecule has 0 bridgehead atoms. The molecular weight excluding hydrogens is 366 g/mol. The first-order valence-corrected chi connectivity index (χ1v) is 9.61. The van der Waals surface area contributed by atoms with Gasteiger partial charge in [0.2, 0.25) is 0 Å². The van der Waals surface area contributed by atoms with E-state index < -0.39 is 20.8 Å². The molecule has 0 aliphatic heterocycles. The van der Waals surface area contributed by atoms with Gasteiger partial charge in [-0.05, 0) is 55.7 Å². The third-order valence-electron chi connectivity index (χ3n) is 3.89. The first kappa shape index (κ1) is 18.7. The molecule has 7 heteroatoms. The Kier molecular flexibility index (Phi) is 5.27.